The lowest BCUT2D eigenvalue weighted by Crippen LogP contribution is -2.05. The highest BCUT2D eigenvalue weighted by atomic mass is 16.5. The summed E-state index contributed by atoms with van der Waals surface area (Å²) in [6.07, 6.45) is 4.00. The smallest absolute Gasteiger partial charge is 0.200 e. The molecule has 3 aromatic rings. The zero-order chi connectivity index (χ0) is 16.5. The van der Waals surface area contributed by atoms with Gasteiger partial charge in [-0.05, 0) is 48.6 Å². The molecule has 4 heteroatoms. The minimum atomic E-state index is -0.0461. The molecule has 0 unspecified atom stereocenters. The predicted octanol–water partition coefficient (Wildman–Crippen LogP) is 4.26. The summed E-state index contributed by atoms with van der Waals surface area (Å²) < 4.78 is 16.6. The molecule has 1 saturated carbocycles. The summed E-state index contributed by atoms with van der Waals surface area (Å²) in [5.74, 6) is 2.18. The molecule has 0 amide bonds. The second-order valence-corrected chi connectivity index (χ2v) is 6.12. The quantitative estimate of drug-likeness (QED) is 0.704. The molecule has 1 heterocycles. The summed E-state index contributed by atoms with van der Waals surface area (Å²) in [6, 6.07) is 12.8. The van der Waals surface area contributed by atoms with Crippen molar-refractivity contribution in [2.45, 2.75) is 12.8 Å². The van der Waals surface area contributed by atoms with Crippen molar-refractivity contribution < 1.29 is 13.9 Å². The van der Waals surface area contributed by atoms with Gasteiger partial charge < -0.3 is 13.9 Å². The molecular weight excluding hydrogens is 304 g/mol. The average molecular weight is 322 g/mol. The first-order valence-corrected chi connectivity index (χ1v) is 8.07. The maximum atomic E-state index is 12.7. The van der Waals surface area contributed by atoms with Crippen molar-refractivity contribution in [3.05, 3.63) is 59.0 Å². The third-order valence-corrected chi connectivity index (χ3v) is 4.33. The van der Waals surface area contributed by atoms with Crippen LogP contribution < -0.4 is 14.9 Å². The van der Waals surface area contributed by atoms with Crippen LogP contribution in [-0.2, 0) is 0 Å². The Labute approximate surface area is 139 Å². The van der Waals surface area contributed by atoms with Crippen LogP contribution in [0.4, 0.5) is 0 Å². The largest absolute Gasteiger partial charge is 0.497 e. The van der Waals surface area contributed by atoms with Crippen LogP contribution in [0.1, 0.15) is 12.8 Å². The Bertz CT molecular complexity index is 921. The second-order valence-electron chi connectivity index (χ2n) is 6.12. The first-order chi connectivity index (χ1) is 11.7. The summed E-state index contributed by atoms with van der Waals surface area (Å²) in [7, 11) is 1.61. The van der Waals surface area contributed by atoms with Gasteiger partial charge in [-0.2, -0.15) is 0 Å². The normalized spacial score (nSPS) is 13.9. The van der Waals surface area contributed by atoms with Crippen LogP contribution in [0.15, 0.2) is 57.9 Å². The molecule has 24 heavy (non-hydrogen) atoms. The number of hydrogen-bond donors (Lipinski definition) is 0. The zero-order valence-electron chi connectivity index (χ0n) is 13.5. The third kappa shape index (κ3) is 2.87. The number of fused-ring (bicyclic) bond motifs is 1. The lowest BCUT2D eigenvalue weighted by Gasteiger charge is -2.07. The zero-order valence-corrected chi connectivity index (χ0v) is 13.5. The van der Waals surface area contributed by atoms with Gasteiger partial charge in [-0.15, -0.1) is 0 Å². The molecule has 0 atom stereocenters. The molecule has 0 saturated heterocycles. The lowest BCUT2D eigenvalue weighted by atomic mass is 10.1. The number of rotatable bonds is 5. The van der Waals surface area contributed by atoms with Gasteiger partial charge in [0.1, 0.15) is 23.3 Å². The molecule has 4 nitrogen and oxygen atoms in total. The Balaban J connectivity index is 1.68. The van der Waals surface area contributed by atoms with Gasteiger partial charge in [0, 0.05) is 6.07 Å². The Hall–Kier alpha value is -2.75. The number of benzene rings is 2. The first kappa shape index (κ1) is 14.8. The topological polar surface area (TPSA) is 48.7 Å². The number of hydrogen-bond acceptors (Lipinski definition) is 4. The molecule has 0 bridgehead atoms. The van der Waals surface area contributed by atoms with Crippen molar-refractivity contribution in [2.24, 2.45) is 5.92 Å². The Morgan fingerprint density at radius 3 is 2.54 bits per heavy atom. The summed E-state index contributed by atoms with van der Waals surface area (Å²) in [5.41, 5.74) is 1.85. The summed E-state index contributed by atoms with van der Waals surface area (Å²) in [5, 5.41) is 0.557. The fourth-order valence-corrected chi connectivity index (χ4v) is 2.67. The van der Waals surface area contributed by atoms with E-state index in [0.717, 1.165) is 23.7 Å². The molecule has 0 spiro atoms. The SMILES string of the molecule is COc1ccc(-c2coc3cc(OCC4CC4)ccc3c2=O)cc1. The average Bonchev–Trinajstić information content (AvgIpc) is 3.45. The molecule has 1 aliphatic carbocycles. The summed E-state index contributed by atoms with van der Waals surface area (Å²) in [4.78, 5) is 12.7. The van der Waals surface area contributed by atoms with Crippen LogP contribution in [0.3, 0.4) is 0 Å². The Morgan fingerprint density at radius 2 is 1.83 bits per heavy atom. The van der Waals surface area contributed by atoms with Gasteiger partial charge in [0.25, 0.3) is 0 Å². The molecule has 0 N–H and O–H groups in total. The minimum absolute atomic E-state index is 0.0461. The van der Waals surface area contributed by atoms with Crippen molar-refractivity contribution in [1.29, 1.82) is 0 Å². The third-order valence-electron chi connectivity index (χ3n) is 4.33. The maximum Gasteiger partial charge on any atom is 0.200 e. The van der Waals surface area contributed by atoms with E-state index in [1.54, 1.807) is 19.2 Å². The molecule has 122 valence electrons. The molecule has 2 aromatic carbocycles. The van der Waals surface area contributed by atoms with Gasteiger partial charge in [0.15, 0.2) is 5.43 Å². The summed E-state index contributed by atoms with van der Waals surface area (Å²) in [6.45, 7) is 0.736. The van der Waals surface area contributed by atoms with E-state index in [2.05, 4.69) is 0 Å². The van der Waals surface area contributed by atoms with E-state index < -0.39 is 0 Å². The molecule has 4 rings (SSSR count). The molecule has 1 fully saturated rings. The number of methoxy groups -OCH3 is 1. The van der Waals surface area contributed by atoms with Crippen LogP contribution in [0.5, 0.6) is 11.5 Å². The van der Waals surface area contributed by atoms with Crippen molar-refractivity contribution in [3.8, 4) is 22.6 Å². The minimum Gasteiger partial charge on any atom is -0.497 e. The van der Waals surface area contributed by atoms with Crippen LogP contribution in [-0.4, -0.2) is 13.7 Å². The van der Waals surface area contributed by atoms with Gasteiger partial charge in [-0.25, -0.2) is 0 Å². The van der Waals surface area contributed by atoms with Crippen LogP contribution in [0.25, 0.3) is 22.1 Å². The standard InChI is InChI=1S/C20H18O4/c1-22-15-6-4-14(5-7-15)18-12-24-19-10-16(23-11-13-2-3-13)8-9-17(19)20(18)21/h4-10,12-13H,2-3,11H2,1H3. The molecule has 0 aliphatic heterocycles. The van der Waals surface area contributed by atoms with Crippen LogP contribution >= 0.6 is 0 Å². The predicted molar refractivity (Wildman–Crippen MR) is 92.7 cm³/mol. The second kappa shape index (κ2) is 6.04. The Kier molecular flexibility index (Phi) is 3.73. The van der Waals surface area contributed by atoms with Crippen molar-refractivity contribution >= 4 is 11.0 Å². The van der Waals surface area contributed by atoms with E-state index in [0.29, 0.717) is 22.5 Å². The highest BCUT2D eigenvalue weighted by Gasteiger charge is 2.22. The van der Waals surface area contributed by atoms with Crippen molar-refractivity contribution in [3.63, 3.8) is 0 Å². The monoisotopic (exact) mass is 322 g/mol. The highest BCUT2D eigenvalue weighted by Crippen LogP contribution is 2.30. The van der Waals surface area contributed by atoms with Crippen LogP contribution in [0, 0.1) is 5.92 Å². The Morgan fingerprint density at radius 1 is 1.08 bits per heavy atom. The molecule has 0 radical (unpaired) electrons. The van der Waals surface area contributed by atoms with E-state index in [9.17, 15) is 4.79 Å². The van der Waals surface area contributed by atoms with E-state index in [4.69, 9.17) is 13.9 Å². The lowest BCUT2D eigenvalue weighted by molar-refractivity contribution is 0.300. The maximum absolute atomic E-state index is 12.7. The molecular formula is C20H18O4. The van der Waals surface area contributed by atoms with Gasteiger partial charge in [-0.3, -0.25) is 4.79 Å². The first-order valence-electron chi connectivity index (χ1n) is 8.07. The van der Waals surface area contributed by atoms with Gasteiger partial charge in [0.2, 0.25) is 0 Å². The van der Waals surface area contributed by atoms with E-state index in [1.807, 2.05) is 30.3 Å². The van der Waals surface area contributed by atoms with Crippen molar-refractivity contribution in [1.82, 2.24) is 0 Å². The fourth-order valence-electron chi connectivity index (χ4n) is 2.67. The van der Waals surface area contributed by atoms with E-state index in [1.165, 1.54) is 19.1 Å². The highest BCUT2D eigenvalue weighted by molar-refractivity contribution is 5.82. The summed E-state index contributed by atoms with van der Waals surface area (Å²) >= 11 is 0. The molecule has 1 aliphatic rings. The van der Waals surface area contributed by atoms with Gasteiger partial charge in [-0.1, -0.05) is 12.1 Å². The fraction of sp³-hybridized carbons (Fsp3) is 0.250. The van der Waals surface area contributed by atoms with E-state index in [-0.39, 0.29) is 5.43 Å². The van der Waals surface area contributed by atoms with Crippen LogP contribution in [0.2, 0.25) is 0 Å². The van der Waals surface area contributed by atoms with Gasteiger partial charge >= 0.3 is 0 Å². The van der Waals surface area contributed by atoms with E-state index >= 15 is 0 Å². The van der Waals surface area contributed by atoms with Gasteiger partial charge in [0.05, 0.1) is 24.7 Å². The van der Waals surface area contributed by atoms with Crippen molar-refractivity contribution in [2.75, 3.05) is 13.7 Å². The molecule has 1 aromatic heterocycles. The number of ether oxygens (including phenoxy) is 2.